The van der Waals surface area contributed by atoms with E-state index in [1.165, 1.54) is 37.8 Å². The van der Waals surface area contributed by atoms with Crippen molar-refractivity contribution in [1.29, 1.82) is 0 Å². The second-order valence-corrected chi connectivity index (χ2v) is 7.14. The molecule has 2 bridgehead atoms. The number of nitrogens with one attached hydrogen (secondary N) is 1. The van der Waals surface area contributed by atoms with Crippen LogP contribution in [-0.4, -0.2) is 6.04 Å². The zero-order valence-electron chi connectivity index (χ0n) is 13.1. The summed E-state index contributed by atoms with van der Waals surface area (Å²) in [5.74, 6) is 1.81. The monoisotopic (exact) mass is 293 g/mol. The quantitative estimate of drug-likeness (QED) is 0.845. The van der Waals surface area contributed by atoms with Crippen molar-refractivity contribution in [3.8, 4) is 0 Å². The number of rotatable bonds is 4. The first-order valence-electron chi connectivity index (χ1n) is 8.17. The molecule has 3 rings (SSSR count). The van der Waals surface area contributed by atoms with Crippen molar-refractivity contribution in [1.82, 2.24) is 5.32 Å². The molecule has 2 fully saturated rings. The lowest BCUT2D eigenvalue weighted by Gasteiger charge is -2.31. The molecule has 5 atom stereocenters. The second kappa shape index (κ2) is 5.68. The van der Waals surface area contributed by atoms with Crippen LogP contribution in [0.4, 0.5) is 8.78 Å². The Labute approximate surface area is 126 Å². The number of aryl methyl sites for hydroxylation is 1. The highest BCUT2D eigenvalue weighted by Crippen LogP contribution is 2.49. The highest BCUT2D eigenvalue weighted by molar-refractivity contribution is 5.27. The predicted octanol–water partition coefficient (Wildman–Crippen LogP) is 4.75. The molecule has 3 heteroatoms. The van der Waals surface area contributed by atoms with E-state index in [9.17, 15) is 8.78 Å². The highest BCUT2D eigenvalue weighted by Gasteiger charge is 2.41. The van der Waals surface area contributed by atoms with Crippen molar-refractivity contribution in [2.45, 2.75) is 58.5 Å². The summed E-state index contributed by atoms with van der Waals surface area (Å²) in [5.41, 5.74) is 0.803. The summed E-state index contributed by atoms with van der Waals surface area (Å²) in [6, 6.07) is 2.84. The number of hydrogen-bond acceptors (Lipinski definition) is 1. The van der Waals surface area contributed by atoms with Crippen LogP contribution in [0.5, 0.6) is 0 Å². The average Bonchev–Trinajstić information content (AvgIpc) is 3.05. The zero-order valence-corrected chi connectivity index (χ0v) is 13.1. The SMILES string of the molecule is Cc1cc(F)c(C(C)NC(C)C2CC3CCC2C3)cc1F. The van der Waals surface area contributed by atoms with Gasteiger partial charge in [0.1, 0.15) is 11.6 Å². The van der Waals surface area contributed by atoms with Crippen LogP contribution in [0.1, 0.15) is 56.7 Å². The fourth-order valence-corrected chi connectivity index (χ4v) is 4.51. The topological polar surface area (TPSA) is 12.0 Å². The zero-order chi connectivity index (χ0) is 15.1. The first-order valence-corrected chi connectivity index (χ1v) is 8.17. The molecule has 0 saturated heterocycles. The van der Waals surface area contributed by atoms with Crippen molar-refractivity contribution in [2.24, 2.45) is 17.8 Å². The Morgan fingerprint density at radius 1 is 1.10 bits per heavy atom. The third kappa shape index (κ3) is 2.85. The van der Waals surface area contributed by atoms with E-state index >= 15 is 0 Å². The Balaban J connectivity index is 1.68. The molecule has 0 radical (unpaired) electrons. The molecule has 1 aromatic rings. The van der Waals surface area contributed by atoms with E-state index in [1.807, 2.05) is 6.92 Å². The normalized spacial score (nSPS) is 30.6. The van der Waals surface area contributed by atoms with Crippen molar-refractivity contribution >= 4 is 0 Å². The van der Waals surface area contributed by atoms with E-state index in [0.717, 1.165) is 11.8 Å². The van der Waals surface area contributed by atoms with E-state index in [-0.39, 0.29) is 17.7 Å². The minimum Gasteiger partial charge on any atom is -0.307 e. The molecule has 1 aromatic carbocycles. The van der Waals surface area contributed by atoms with Crippen LogP contribution in [0, 0.1) is 36.3 Å². The van der Waals surface area contributed by atoms with Crippen LogP contribution in [0.25, 0.3) is 0 Å². The van der Waals surface area contributed by atoms with Gasteiger partial charge in [0, 0.05) is 17.6 Å². The van der Waals surface area contributed by atoms with E-state index in [4.69, 9.17) is 0 Å². The fraction of sp³-hybridized carbons (Fsp3) is 0.667. The highest BCUT2D eigenvalue weighted by atomic mass is 19.1. The maximum Gasteiger partial charge on any atom is 0.128 e. The van der Waals surface area contributed by atoms with Gasteiger partial charge in [0.05, 0.1) is 0 Å². The third-order valence-corrected chi connectivity index (χ3v) is 5.69. The van der Waals surface area contributed by atoms with Gasteiger partial charge in [-0.3, -0.25) is 0 Å². The lowest BCUT2D eigenvalue weighted by atomic mass is 9.83. The van der Waals surface area contributed by atoms with E-state index < -0.39 is 0 Å². The predicted molar refractivity (Wildman–Crippen MR) is 81.0 cm³/mol. The summed E-state index contributed by atoms with van der Waals surface area (Å²) >= 11 is 0. The Kier molecular flexibility index (Phi) is 4.04. The van der Waals surface area contributed by atoms with Crippen LogP contribution < -0.4 is 5.32 Å². The van der Waals surface area contributed by atoms with Gasteiger partial charge in [-0.25, -0.2) is 8.78 Å². The second-order valence-electron chi connectivity index (χ2n) is 7.14. The molecule has 5 unspecified atom stereocenters. The van der Waals surface area contributed by atoms with E-state index in [0.29, 0.717) is 23.1 Å². The van der Waals surface area contributed by atoms with E-state index in [2.05, 4.69) is 12.2 Å². The maximum atomic E-state index is 14.1. The lowest BCUT2D eigenvalue weighted by molar-refractivity contribution is 0.247. The lowest BCUT2D eigenvalue weighted by Crippen LogP contribution is -2.38. The largest absolute Gasteiger partial charge is 0.307 e. The number of benzene rings is 1. The summed E-state index contributed by atoms with van der Waals surface area (Å²) in [5, 5.41) is 3.50. The fourth-order valence-electron chi connectivity index (χ4n) is 4.51. The van der Waals surface area contributed by atoms with Crippen LogP contribution in [0.2, 0.25) is 0 Å². The van der Waals surface area contributed by atoms with Crippen LogP contribution in [-0.2, 0) is 0 Å². The third-order valence-electron chi connectivity index (χ3n) is 5.69. The molecule has 1 nitrogen and oxygen atoms in total. The molecule has 0 heterocycles. The summed E-state index contributed by atoms with van der Waals surface area (Å²) < 4.78 is 27.7. The molecule has 116 valence electrons. The molecule has 1 N–H and O–H groups in total. The molecular formula is C18H25F2N. The molecule has 0 spiro atoms. The van der Waals surface area contributed by atoms with Crippen LogP contribution in [0.3, 0.4) is 0 Å². The number of halogens is 2. The first kappa shape index (κ1) is 15.0. The standard InChI is InChI=1S/C18H25F2N/c1-10-6-18(20)16(9-17(10)19)12(3)21-11(2)15-8-13-4-5-14(15)7-13/h6,9,11-15,21H,4-5,7-8H2,1-3H3. The molecule has 2 saturated carbocycles. The number of fused-ring (bicyclic) bond motifs is 2. The van der Waals surface area contributed by atoms with Crippen LogP contribution >= 0.6 is 0 Å². The smallest absolute Gasteiger partial charge is 0.128 e. The van der Waals surface area contributed by atoms with Gasteiger partial charge >= 0.3 is 0 Å². The van der Waals surface area contributed by atoms with Crippen molar-refractivity contribution in [3.05, 3.63) is 34.9 Å². The summed E-state index contributed by atoms with van der Waals surface area (Å²) in [4.78, 5) is 0. The van der Waals surface area contributed by atoms with Gasteiger partial charge in [-0.05, 0) is 75.5 Å². The van der Waals surface area contributed by atoms with Gasteiger partial charge in [-0.1, -0.05) is 6.42 Å². The molecule has 0 amide bonds. The first-order chi connectivity index (χ1) is 9.95. The van der Waals surface area contributed by atoms with Crippen LogP contribution in [0.15, 0.2) is 12.1 Å². The summed E-state index contributed by atoms with van der Waals surface area (Å²) in [7, 11) is 0. The Morgan fingerprint density at radius 2 is 1.86 bits per heavy atom. The molecule has 2 aliphatic carbocycles. The summed E-state index contributed by atoms with van der Waals surface area (Å²) in [6.45, 7) is 5.72. The van der Waals surface area contributed by atoms with Crippen molar-refractivity contribution < 1.29 is 8.78 Å². The number of hydrogen-bond donors (Lipinski definition) is 1. The Hall–Kier alpha value is -0.960. The van der Waals surface area contributed by atoms with Gasteiger partial charge in [0.15, 0.2) is 0 Å². The molecule has 0 aliphatic heterocycles. The molecule has 2 aliphatic rings. The van der Waals surface area contributed by atoms with Gasteiger partial charge < -0.3 is 5.32 Å². The maximum absolute atomic E-state index is 14.1. The van der Waals surface area contributed by atoms with Gasteiger partial charge in [-0.15, -0.1) is 0 Å². The Morgan fingerprint density at radius 3 is 2.48 bits per heavy atom. The van der Waals surface area contributed by atoms with E-state index in [1.54, 1.807) is 6.92 Å². The molecule has 21 heavy (non-hydrogen) atoms. The molecular weight excluding hydrogens is 268 g/mol. The minimum atomic E-state index is -0.326. The minimum absolute atomic E-state index is 0.158. The Bertz CT molecular complexity index is 528. The molecule has 0 aromatic heterocycles. The average molecular weight is 293 g/mol. The van der Waals surface area contributed by atoms with Gasteiger partial charge in [0.25, 0.3) is 0 Å². The summed E-state index contributed by atoms with van der Waals surface area (Å²) in [6.07, 6.45) is 5.42. The van der Waals surface area contributed by atoms with Crippen molar-refractivity contribution in [3.63, 3.8) is 0 Å². The van der Waals surface area contributed by atoms with Crippen molar-refractivity contribution in [2.75, 3.05) is 0 Å². The van der Waals surface area contributed by atoms with Gasteiger partial charge in [0.2, 0.25) is 0 Å². The van der Waals surface area contributed by atoms with Gasteiger partial charge in [-0.2, -0.15) is 0 Å².